The first kappa shape index (κ1) is 13.6. The molecule has 2 aromatic rings. The Morgan fingerprint density at radius 3 is 2.43 bits per heavy atom. The van der Waals surface area contributed by atoms with Crippen LogP contribution in [0.4, 0.5) is 23.5 Å². The standard InChI is InChI=1S/C15H20N6/c1-20(12-8-4-2-5-9-12)14-17-13(16)18-15(19-14)21-10-6-3-7-11-21/h2,4-5,8-9H,3,6-7,10-11H2,1H3,(H2,16,17,18,19). The van der Waals surface area contributed by atoms with Gasteiger partial charge in [0, 0.05) is 25.8 Å². The van der Waals surface area contributed by atoms with Gasteiger partial charge < -0.3 is 15.5 Å². The van der Waals surface area contributed by atoms with E-state index in [1.165, 1.54) is 19.3 Å². The third-order valence-electron chi connectivity index (χ3n) is 3.71. The lowest BCUT2D eigenvalue weighted by molar-refractivity contribution is 0.567. The minimum Gasteiger partial charge on any atom is -0.368 e. The molecule has 1 aliphatic heterocycles. The SMILES string of the molecule is CN(c1ccccc1)c1nc(N)nc(N2CCCCC2)n1. The highest BCUT2D eigenvalue weighted by molar-refractivity contribution is 5.58. The Morgan fingerprint density at radius 1 is 1.00 bits per heavy atom. The second kappa shape index (κ2) is 5.95. The summed E-state index contributed by atoms with van der Waals surface area (Å²) in [5.74, 6) is 1.53. The quantitative estimate of drug-likeness (QED) is 0.931. The Kier molecular flexibility index (Phi) is 3.85. The van der Waals surface area contributed by atoms with Crippen LogP contribution in [-0.4, -0.2) is 35.1 Å². The molecule has 3 rings (SSSR count). The maximum absolute atomic E-state index is 5.87. The predicted molar refractivity (Wildman–Crippen MR) is 84.8 cm³/mol. The molecule has 0 aliphatic carbocycles. The molecule has 1 aromatic carbocycles. The van der Waals surface area contributed by atoms with Crippen LogP contribution >= 0.6 is 0 Å². The summed E-state index contributed by atoms with van der Waals surface area (Å²) in [7, 11) is 1.93. The van der Waals surface area contributed by atoms with Crippen LogP contribution in [0.5, 0.6) is 0 Å². The maximum atomic E-state index is 5.87. The highest BCUT2D eigenvalue weighted by Crippen LogP contribution is 2.23. The number of nitrogen functional groups attached to an aromatic ring is 1. The summed E-state index contributed by atoms with van der Waals surface area (Å²) in [6.45, 7) is 1.97. The molecule has 1 saturated heterocycles. The first-order valence-corrected chi connectivity index (χ1v) is 7.29. The Labute approximate surface area is 124 Å². The summed E-state index contributed by atoms with van der Waals surface area (Å²) in [4.78, 5) is 17.2. The number of piperidine rings is 1. The van der Waals surface area contributed by atoms with Crippen molar-refractivity contribution in [2.45, 2.75) is 19.3 Å². The van der Waals surface area contributed by atoms with Gasteiger partial charge in [-0.05, 0) is 31.4 Å². The minimum atomic E-state index is 0.267. The zero-order chi connectivity index (χ0) is 14.7. The highest BCUT2D eigenvalue weighted by atomic mass is 15.3. The number of para-hydroxylation sites is 1. The van der Waals surface area contributed by atoms with E-state index in [9.17, 15) is 0 Å². The molecular weight excluding hydrogens is 264 g/mol. The Hall–Kier alpha value is -2.37. The van der Waals surface area contributed by atoms with E-state index in [-0.39, 0.29) is 5.95 Å². The molecule has 2 heterocycles. The van der Waals surface area contributed by atoms with Crippen molar-refractivity contribution in [1.29, 1.82) is 0 Å². The van der Waals surface area contributed by atoms with Crippen LogP contribution in [0.2, 0.25) is 0 Å². The van der Waals surface area contributed by atoms with Gasteiger partial charge in [-0.2, -0.15) is 15.0 Å². The van der Waals surface area contributed by atoms with E-state index in [2.05, 4.69) is 19.9 Å². The first-order valence-electron chi connectivity index (χ1n) is 7.29. The second-order valence-corrected chi connectivity index (χ2v) is 5.24. The monoisotopic (exact) mass is 284 g/mol. The fourth-order valence-electron chi connectivity index (χ4n) is 2.52. The molecule has 1 fully saturated rings. The summed E-state index contributed by atoms with van der Waals surface area (Å²) in [5.41, 5.74) is 6.89. The third-order valence-corrected chi connectivity index (χ3v) is 3.71. The normalized spacial score (nSPS) is 15.0. The van der Waals surface area contributed by atoms with Crippen LogP contribution in [0.15, 0.2) is 30.3 Å². The molecule has 0 atom stereocenters. The van der Waals surface area contributed by atoms with Crippen LogP contribution in [0.3, 0.4) is 0 Å². The molecule has 1 aliphatic rings. The maximum Gasteiger partial charge on any atom is 0.236 e. The average molecular weight is 284 g/mol. The van der Waals surface area contributed by atoms with Gasteiger partial charge in [-0.25, -0.2) is 0 Å². The fraction of sp³-hybridized carbons (Fsp3) is 0.400. The van der Waals surface area contributed by atoms with Gasteiger partial charge in [-0.15, -0.1) is 0 Å². The largest absolute Gasteiger partial charge is 0.368 e. The summed E-state index contributed by atoms with van der Waals surface area (Å²) >= 11 is 0. The molecule has 21 heavy (non-hydrogen) atoms. The van der Waals surface area contributed by atoms with Gasteiger partial charge in [-0.3, -0.25) is 0 Å². The molecule has 2 N–H and O–H groups in total. The van der Waals surface area contributed by atoms with Crippen molar-refractivity contribution in [1.82, 2.24) is 15.0 Å². The van der Waals surface area contributed by atoms with E-state index in [1.807, 2.05) is 42.3 Å². The molecular formula is C15H20N6. The van der Waals surface area contributed by atoms with Gasteiger partial charge in [0.1, 0.15) is 0 Å². The number of hydrogen-bond acceptors (Lipinski definition) is 6. The van der Waals surface area contributed by atoms with E-state index in [4.69, 9.17) is 5.73 Å². The van der Waals surface area contributed by atoms with Crippen molar-refractivity contribution in [3.8, 4) is 0 Å². The molecule has 0 amide bonds. The van der Waals surface area contributed by atoms with E-state index < -0.39 is 0 Å². The van der Waals surface area contributed by atoms with Crippen molar-refractivity contribution < 1.29 is 0 Å². The summed E-state index contributed by atoms with van der Waals surface area (Å²) in [5, 5.41) is 0. The molecule has 1 aromatic heterocycles. The van der Waals surface area contributed by atoms with Crippen molar-refractivity contribution in [2.75, 3.05) is 35.7 Å². The molecule has 0 bridgehead atoms. The number of benzene rings is 1. The molecule has 110 valence electrons. The molecule has 0 spiro atoms. The van der Waals surface area contributed by atoms with E-state index in [0.717, 1.165) is 18.8 Å². The summed E-state index contributed by atoms with van der Waals surface area (Å²) in [6, 6.07) is 9.99. The minimum absolute atomic E-state index is 0.267. The van der Waals surface area contributed by atoms with Crippen molar-refractivity contribution >= 4 is 23.5 Å². The highest BCUT2D eigenvalue weighted by Gasteiger charge is 2.17. The van der Waals surface area contributed by atoms with E-state index >= 15 is 0 Å². The Morgan fingerprint density at radius 2 is 1.71 bits per heavy atom. The van der Waals surface area contributed by atoms with E-state index in [1.54, 1.807) is 0 Å². The second-order valence-electron chi connectivity index (χ2n) is 5.24. The van der Waals surface area contributed by atoms with Crippen LogP contribution < -0.4 is 15.5 Å². The van der Waals surface area contributed by atoms with Crippen molar-refractivity contribution in [2.24, 2.45) is 0 Å². The Balaban J connectivity index is 1.90. The molecule has 0 saturated carbocycles. The third kappa shape index (κ3) is 3.04. The zero-order valence-corrected chi connectivity index (χ0v) is 12.2. The van der Waals surface area contributed by atoms with Crippen LogP contribution in [-0.2, 0) is 0 Å². The van der Waals surface area contributed by atoms with Gasteiger partial charge >= 0.3 is 0 Å². The van der Waals surface area contributed by atoms with Gasteiger partial charge in [0.2, 0.25) is 17.8 Å². The van der Waals surface area contributed by atoms with Crippen LogP contribution in [0, 0.1) is 0 Å². The predicted octanol–water partition coefficient (Wildman–Crippen LogP) is 2.21. The summed E-state index contributed by atoms with van der Waals surface area (Å²) < 4.78 is 0. The average Bonchev–Trinajstić information content (AvgIpc) is 2.55. The Bertz CT molecular complexity index is 594. The smallest absolute Gasteiger partial charge is 0.236 e. The van der Waals surface area contributed by atoms with Gasteiger partial charge in [-0.1, -0.05) is 18.2 Å². The number of hydrogen-bond donors (Lipinski definition) is 1. The topological polar surface area (TPSA) is 71.2 Å². The lowest BCUT2D eigenvalue weighted by Gasteiger charge is -2.27. The van der Waals surface area contributed by atoms with Crippen molar-refractivity contribution in [3.05, 3.63) is 30.3 Å². The zero-order valence-electron chi connectivity index (χ0n) is 12.2. The van der Waals surface area contributed by atoms with Crippen molar-refractivity contribution in [3.63, 3.8) is 0 Å². The lowest BCUT2D eigenvalue weighted by atomic mass is 10.1. The molecule has 6 nitrogen and oxygen atoms in total. The number of aromatic nitrogens is 3. The lowest BCUT2D eigenvalue weighted by Crippen LogP contribution is -2.32. The number of rotatable bonds is 3. The van der Waals surface area contributed by atoms with Gasteiger partial charge in [0.15, 0.2) is 0 Å². The molecule has 6 heteroatoms. The molecule has 0 radical (unpaired) electrons. The van der Waals surface area contributed by atoms with Crippen LogP contribution in [0.25, 0.3) is 0 Å². The van der Waals surface area contributed by atoms with Crippen LogP contribution in [0.1, 0.15) is 19.3 Å². The van der Waals surface area contributed by atoms with E-state index in [0.29, 0.717) is 11.9 Å². The first-order chi connectivity index (χ1) is 10.2. The summed E-state index contributed by atoms with van der Waals surface area (Å²) in [6.07, 6.45) is 3.62. The molecule has 0 unspecified atom stereocenters. The fourth-order valence-corrected chi connectivity index (χ4v) is 2.52. The van der Waals surface area contributed by atoms with Gasteiger partial charge in [0.05, 0.1) is 0 Å². The number of anilines is 4. The van der Waals surface area contributed by atoms with Gasteiger partial charge in [0.25, 0.3) is 0 Å². The number of nitrogens with two attached hydrogens (primary N) is 1. The number of nitrogens with zero attached hydrogens (tertiary/aromatic N) is 5.